The average Bonchev–Trinajstić information content (AvgIpc) is 3.34. The van der Waals surface area contributed by atoms with Crippen molar-refractivity contribution in [3.63, 3.8) is 0 Å². The van der Waals surface area contributed by atoms with Gasteiger partial charge in [0.15, 0.2) is 5.96 Å². The second kappa shape index (κ2) is 8.72. The van der Waals surface area contributed by atoms with Crippen LogP contribution >= 0.6 is 0 Å². The van der Waals surface area contributed by atoms with E-state index in [1.807, 2.05) is 0 Å². The monoisotopic (exact) mass is 391 g/mol. The molecule has 4 unspecified atom stereocenters. The maximum absolute atomic E-state index is 12.7. The zero-order chi connectivity index (χ0) is 20.3. The number of ether oxygens (including phenoxy) is 1. The van der Waals surface area contributed by atoms with Crippen molar-refractivity contribution in [1.29, 1.82) is 0 Å². The van der Waals surface area contributed by atoms with E-state index >= 15 is 0 Å². The number of hydrogen-bond donors (Lipinski definition) is 2. The Morgan fingerprint density at radius 3 is 2.36 bits per heavy atom. The van der Waals surface area contributed by atoms with E-state index in [0.717, 1.165) is 6.42 Å². The van der Waals surface area contributed by atoms with Crippen molar-refractivity contribution in [2.75, 3.05) is 54.0 Å². The van der Waals surface area contributed by atoms with Crippen LogP contribution in [0.2, 0.25) is 0 Å². The standard InChI is InChI=1S/C19H29N5O4/c1-23(2)14(25)11-22-19(21-7-9-28-3)20-6-8-24-17(26)15-12-4-5-13(10-12)16(15)18(24)27/h4-5,12-13,15-16H,6-11H2,1-3H3,(H2,20,21,22). The zero-order valence-corrected chi connectivity index (χ0v) is 16.7. The largest absolute Gasteiger partial charge is 0.383 e. The lowest BCUT2D eigenvalue weighted by Crippen LogP contribution is -2.44. The van der Waals surface area contributed by atoms with E-state index in [2.05, 4.69) is 27.8 Å². The Labute approximate surface area is 165 Å². The third-order valence-corrected chi connectivity index (χ3v) is 5.66. The molecule has 154 valence electrons. The Hall–Kier alpha value is -2.42. The first-order valence-electron chi connectivity index (χ1n) is 9.69. The summed E-state index contributed by atoms with van der Waals surface area (Å²) in [5.74, 6) is 0.316. The molecule has 9 nitrogen and oxygen atoms in total. The first kappa shape index (κ1) is 20.3. The molecule has 0 spiro atoms. The summed E-state index contributed by atoms with van der Waals surface area (Å²) in [5.41, 5.74) is 0. The molecule has 2 N–H and O–H groups in total. The average molecular weight is 391 g/mol. The normalized spacial score (nSPS) is 28.1. The molecule has 1 saturated carbocycles. The van der Waals surface area contributed by atoms with Gasteiger partial charge in [0, 0.05) is 40.8 Å². The molecule has 2 fully saturated rings. The molecule has 0 aromatic carbocycles. The smallest absolute Gasteiger partial charge is 0.243 e. The molecule has 1 aliphatic heterocycles. The van der Waals surface area contributed by atoms with Crippen molar-refractivity contribution in [2.24, 2.45) is 28.7 Å². The summed E-state index contributed by atoms with van der Waals surface area (Å²) >= 11 is 0. The number of guanidine groups is 1. The first-order valence-corrected chi connectivity index (χ1v) is 9.69. The summed E-state index contributed by atoms with van der Waals surface area (Å²) in [7, 11) is 4.95. The van der Waals surface area contributed by atoms with Crippen LogP contribution in [0.1, 0.15) is 6.42 Å². The molecular weight excluding hydrogens is 362 g/mol. The van der Waals surface area contributed by atoms with Crippen molar-refractivity contribution in [2.45, 2.75) is 6.42 Å². The SMILES string of the molecule is COCCNC(=NCC(=O)N(C)C)NCCN1C(=O)C2C3C=CC(C3)C2C1=O. The lowest BCUT2D eigenvalue weighted by Gasteiger charge is -2.19. The number of carbonyl (C=O) groups excluding carboxylic acids is 3. The Bertz CT molecular complexity index is 660. The van der Waals surface area contributed by atoms with Crippen molar-refractivity contribution >= 4 is 23.7 Å². The molecule has 9 heteroatoms. The van der Waals surface area contributed by atoms with Crippen LogP contribution in [0.25, 0.3) is 0 Å². The summed E-state index contributed by atoms with van der Waals surface area (Å²) in [4.78, 5) is 44.3. The lowest BCUT2D eigenvalue weighted by atomic mass is 9.85. The number of carbonyl (C=O) groups is 3. The number of likely N-dealkylation sites (tertiary alicyclic amines) is 1. The van der Waals surface area contributed by atoms with Crippen molar-refractivity contribution in [1.82, 2.24) is 20.4 Å². The summed E-state index contributed by atoms with van der Waals surface area (Å²) in [5, 5.41) is 6.17. The number of amides is 3. The molecule has 0 radical (unpaired) electrons. The molecule has 3 aliphatic rings. The number of aliphatic imine (C=N–C) groups is 1. The van der Waals surface area contributed by atoms with Crippen LogP contribution in [-0.4, -0.2) is 87.5 Å². The third kappa shape index (κ3) is 4.04. The molecule has 2 bridgehead atoms. The number of methoxy groups -OCH3 is 1. The van der Waals surface area contributed by atoms with E-state index in [1.54, 1.807) is 21.2 Å². The van der Waals surface area contributed by atoms with E-state index < -0.39 is 0 Å². The van der Waals surface area contributed by atoms with Crippen LogP contribution in [0.5, 0.6) is 0 Å². The predicted octanol–water partition coefficient (Wildman–Crippen LogP) is -0.937. The molecule has 1 saturated heterocycles. The van der Waals surface area contributed by atoms with Crippen molar-refractivity contribution in [3.8, 4) is 0 Å². The van der Waals surface area contributed by atoms with Gasteiger partial charge in [-0.05, 0) is 18.3 Å². The van der Waals surface area contributed by atoms with Crippen LogP contribution in [0.4, 0.5) is 0 Å². The predicted molar refractivity (Wildman–Crippen MR) is 103 cm³/mol. The summed E-state index contributed by atoms with van der Waals surface area (Å²) in [6.07, 6.45) is 5.11. The summed E-state index contributed by atoms with van der Waals surface area (Å²) < 4.78 is 5.01. The number of rotatable bonds is 8. The highest BCUT2D eigenvalue weighted by atomic mass is 16.5. The maximum atomic E-state index is 12.7. The van der Waals surface area contributed by atoms with E-state index in [1.165, 1.54) is 9.80 Å². The number of nitrogens with one attached hydrogen (secondary N) is 2. The van der Waals surface area contributed by atoms with E-state index in [0.29, 0.717) is 25.7 Å². The van der Waals surface area contributed by atoms with Gasteiger partial charge in [-0.2, -0.15) is 0 Å². The summed E-state index contributed by atoms with van der Waals surface area (Å²) in [6.45, 7) is 1.69. The molecule has 4 atom stereocenters. The first-order chi connectivity index (χ1) is 13.4. The Kier molecular flexibility index (Phi) is 6.33. The molecule has 1 heterocycles. The van der Waals surface area contributed by atoms with Gasteiger partial charge < -0.3 is 20.3 Å². The number of imide groups is 1. The molecule has 2 aliphatic carbocycles. The van der Waals surface area contributed by atoms with Crippen LogP contribution < -0.4 is 10.6 Å². The highest BCUT2D eigenvalue weighted by Crippen LogP contribution is 2.52. The molecule has 28 heavy (non-hydrogen) atoms. The Morgan fingerprint density at radius 1 is 1.18 bits per heavy atom. The van der Waals surface area contributed by atoms with E-state index in [9.17, 15) is 14.4 Å². The minimum absolute atomic E-state index is 0.00999. The molecule has 3 rings (SSSR count). The van der Waals surface area contributed by atoms with Crippen LogP contribution in [0.3, 0.4) is 0 Å². The quantitative estimate of drug-likeness (QED) is 0.182. The van der Waals surface area contributed by atoms with Crippen LogP contribution in [0.15, 0.2) is 17.1 Å². The van der Waals surface area contributed by atoms with Gasteiger partial charge in [0.05, 0.1) is 18.4 Å². The Balaban J connectivity index is 1.53. The second-order valence-corrected chi connectivity index (χ2v) is 7.63. The van der Waals surface area contributed by atoms with Gasteiger partial charge in [0.2, 0.25) is 17.7 Å². The molecule has 0 aromatic rings. The minimum Gasteiger partial charge on any atom is -0.383 e. The zero-order valence-electron chi connectivity index (χ0n) is 16.7. The fourth-order valence-corrected chi connectivity index (χ4v) is 4.20. The van der Waals surface area contributed by atoms with E-state index in [4.69, 9.17) is 4.74 Å². The van der Waals surface area contributed by atoms with Crippen LogP contribution in [-0.2, 0) is 19.1 Å². The highest BCUT2D eigenvalue weighted by Gasteiger charge is 2.58. The fourth-order valence-electron chi connectivity index (χ4n) is 4.20. The number of allylic oxidation sites excluding steroid dienone is 2. The van der Waals surface area contributed by atoms with Crippen molar-refractivity contribution < 1.29 is 19.1 Å². The van der Waals surface area contributed by atoms with Gasteiger partial charge in [-0.15, -0.1) is 0 Å². The molecular formula is C19H29N5O4. The van der Waals surface area contributed by atoms with Crippen LogP contribution in [0, 0.1) is 23.7 Å². The summed E-state index contributed by atoms with van der Waals surface area (Å²) in [6, 6.07) is 0. The van der Waals surface area contributed by atoms with Gasteiger partial charge in [0.1, 0.15) is 6.54 Å². The molecule has 0 aromatic heterocycles. The minimum atomic E-state index is -0.173. The number of nitrogens with zero attached hydrogens (tertiary/aromatic N) is 3. The Morgan fingerprint density at radius 2 is 1.79 bits per heavy atom. The fraction of sp³-hybridized carbons (Fsp3) is 0.684. The van der Waals surface area contributed by atoms with Gasteiger partial charge >= 0.3 is 0 Å². The molecule has 3 amide bonds. The number of hydrogen-bond acceptors (Lipinski definition) is 5. The van der Waals surface area contributed by atoms with Gasteiger partial charge in [-0.1, -0.05) is 12.2 Å². The highest BCUT2D eigenvalue weighted by molar-refractivity contribution is 6.06. The van der Waals surface area contributed by atoms with Crippen molar-refractivity contribution in [3.05, 3.63) is 12.2 Å². The van der Waals surface area contributed by atoms with Gasteiger partial charge in [-0.3, -0.25) is 19.3 Å². The number of likely N-dealkylation sites (N-methyl/N-ethyl adjacent to an activating group) is 1. The van der Waals surface area contributed by atoms with E-state index in [-0.39, 0.29) is 54.5 Å². The van der Waals surface area contributed by atoms with Gasteiger partial charge in [-0.25, -0.2) is 4.99 Å². The maximum Gasteiger partial charge on any atom is 0.243 e. The number of fused-ring (bicyclic) bond motifs is 5. The lowest BCUT2D eigenvalue weighted by molar-refractivity contribution is -0.140. The third-order valence-electron chi connectivity index (χ3n) is 5.66. The van der Waals surface area contributed by atoms with Gasteiger partial charge in [0.25, 0.3) is 0 Å². The topological polar surface area (TPSA) is 103 Å². The second-order valence-electron chi connectivity index (χ2n) is 7.63.